The van der Waals surface area contributed by atoms with Gasteiger partial charge in [-0.15, -0.1) is 0 Å². The van der Waals surface area contributed by atoms with Gasteiger partial charge in [0.1, 0.15) is 0 Å². The van der Waals surface area contributed by atoms with Crippen LogP contribution in [-0.4, -0.2) is 5.97 Å². The Morgan fingerprint density at radius 3 is 2.20 bits per heavy atom. The van der Waals surface area contributed by atoms with Crippen LogP contribution < -0.4 is 5.11 Å². The van der Waals surface area contributed by atoms with Crippen LogP contribution in [0.5, 0.6) is 0 Å². The highest BCUT2D eigenvalue weighted by Gasteiger charge is 2.22. The minimum atomic E-state index is -0.874. The fraction of sp³-hybridized carbons (Fsp3) is 0.462. The van der Waals surface area contributed by atoms with Gasteiger partial charge in [0.25, 0.3) is 0 Å². The van der Waals surface area contributed by atoms with Crippen LogP contribution >= 0.6 is 0 Å². The lowest BCUT2D eigenvalue weighted by molar-refractivity contribution is -0.312. The standard InChI is InChI=1S/C13H16O2/c14-13(15)12-8-6-11(7-9-12)10-4-2-1-3-5-10/h1-5,11-12H,6-9H2,(H,14,15)/p-1. The van der Waals surface area contributed by atoms with Gasteiger partial charge in [-0.1, -0.05) is 30.3 Å². The normalized spacial score (nSPS) is 26.1. The molecule has 0 radical (unpaired) electrons. The first-order chi connectivity index (χ1) is 7.27. The maximum absolute atomic E-state index is 10.7. The molecule has 0 aromatic heterocycles. The number of hydrogen-bond acceptors (Lipinski definition) is 2. The summed E-state index contributed by atoms with van der Waals surface area (Å²) in [6.45, 7) is 0. The van der Waals surface area contributed by atoms with Gasteiger partial charge in [0.2, 0.25) is 0 Å². The Morgan fingerprint density at radius 2 is 1.67 bits per heavy atom. The lowest BCUT2D eigenvalue weighted by atomic mass is 9.79. The van der Waals surface area contributed by atoms with Gasteiger partial charge in [-0.2, -0.15) is 0 Å². The number of carbonyl (C=O) groups excluding carboxylic acids is 1. The first-order valence-electron chi connectivity index (χ1n) is 5.53. The molecule has 2 heteroatoms. The van der Waals surface area contributed by atoms with E-state index in [2.05, 4.69) is 12.1 Å². The molecule has 1 aliphatic rings. The molecule has 1 aromatic carbocycles. The summed E-state index contributed by atoms with van der Waals surface area (Å²) in [4.78, 5) is 10.7. The Labute approximate surface area is 89.9 Å². The molecule has 15 heavy (non-hydrogen) atoms. The predicted octanol–water partition coefficient (Wildman–Crippen LogP) is 1.71. The van der Waals surface area contributed by atoms with Gasteiger partial charge in [0.05, 0.1) is 0 Å². The summed E-state index contributed by atoms with van der Waals surface area (Å²) in [5.74, 6) is -0.548. The Morgan fingerprint density at radius 1 is 1.07 bits per heavy atom. The van der Waals surface area contributed by atoms with Gasteiger partial charge in [0, 0.05) is 5.97 Å². The van der Waals surface area contributed by atoms with E-state index in [1.165, 1.54) is 5.56 Å². The third-order valence-electron chi connectivity index (χ3n) is 3.33. The van der Waals surface area contributed by atoms with Gasteiger partial charge in [-0.3, -0.25) is 0 Å². The average Bonchev–Trinajstić information content (AvgIpc) is 2.30. The summed E-state index contributed by atoms with van der Waals surface area (Å²) in [5, 5.41) is 10.7. The minimum absolute atomic E-state index is 0.218. The number of rotatable bonds is 2. The maximum atomic E-state index is 10.7. The van der Waals surface area contributed by atoms with Crippen LogP contribution in [0.2, 0.25) is 0 Å². The van der Waals surface area contributed by atoms with Crippen LogP contribution in [0.1, 0.15) is 37.2 Å². The van der Waals surface area contributed by atoms with E-state index in [-0.39, 0.29) is 5.92 Å². The average molecular weight is 203 g/mol. The Hall–Kier alpha value is -1.31. The van der Waals surface area contributed by atoms with E-state index in [0.717, 1.165) is 25.7 Å². The summed E-state index contributed by atoms with van der Waals surface area (Å²) in [5.41, 5.74) is 1.34. The van der Waals surface area contributed by atoms with E-state index in [0.29, 0.717) is 5.92 Å². The lowest BCUT2D eigenvalue weighted by Gasteiger charge is -2.29. The van der Waals surface area contributed by atoms with Crippen molar-refractivity contribution in [3.63, 3.8) is 0 Å². The van der Waals surface area contributed by atoms with Crippen molar-refractivity contribution in [1.82, 2.24) is 0 Å². The van der Waals surface area contributed by atoms with Gasteiger partial charge in [-0.05, 0) is 43.1 Å². The Bertz CT molecular complexity index is 324. The van der Waals surface area contributed by atoms with Crippen LogP contribution in [0.25, 0.3) is 0 Å². The predicted molar refractivity (Wildman–Crippen MR) is 56.1 cm³/mol. The van der Waals surface area contributed by atoms with E-state index in [4.69, 9.17) is 0 Å². The molecule has 0 unspecified atom stereocenters. The monoisotopic (exact) mass is 203 g/mol. The lowest BCUT2D eigenvalue weighted by Crippen LogP contribution is -2.33. The zero-order valence-electron chi connectivity index (χ0n) is 8.69. The molecule has 0 atom stereocenters. The molecular weight excluding hydrogens is 188 g/mol. The molecule has 1 fully saturated rings. The molecule has 2 rings (SSSR count). The van der Waals surface area contributed by atoms with Gasteiger partial charge < -0.3 is 9.90 Å². The molecule has 2 nitrogen and oxygen atoms in total. The summed E-state index contributed by atoms with van der Waals surface area (Å²) in [6, 6.07) is 10.4. The van der Waals surface area contributed by atoms with E-state index < -0.39 is 5.97 Å². The van der Waals surface area contributed by atoms with Crippen molar-refractivity contribution in [1.29, 1.82) is 0 Å². The topological polar surface area (TPSA) is 40.1 Å². The van der Waals surface area contributed by atoms with Crippen LogP contribution in [-0.2, 0) is 4.79 Å². The summed E-state index contributed by atoms with van der Waals surface area (Å²) in [7, 11) is 0. The third kappa shape index (κ3) is 2.38. The zero-order valence-corrected chi connectivity index (χ0v) is 8.69. The van der Waals surface area contributed by atoms with Crippen molar-refractivity contribution in [2.24, 2.45) is 5.92 Å². The molecule has 0 spiro atoms. The van der Waals surface area contributed by atoms with Gasteiger partial charge >= 0.3 is 0 Å². The van der Waals surface area contributed by atoms with Gasteiger partial charge in [0.15, 0.2) is 0 Å². The quantitative estimate of drug-likeness (QED) is 0.734. The highest BCUT2D eigenvalue weighted by molar-refractivity contribution is 5.67. The molecule has 0 aliphatic heterocycles. The van der Waals surface area contributed by atoms with Crippen LogP contribution in [0, 0.1) is 5.92 Å². The summed E-state index contributed by atoms with van der Waals surface area (Å²) < 4.78 is 0. The van der Waals surface area contributed by atoms with Crippen LogP contribution in [0.15, 0.2) is 30.3 Å². The molecule has 0 heterocycles. The molecular formula is C13H15O2-. The highest BCUT2D eigenvalue weighted by Crippen LogP contribution is 2.35. The first-order valence-corrected chi connectivity index (χ1v) is 5.53. The van der Waals surface area contributed by atoms with Crippen molar-refractivity contribution in [3.8, 4) is 0 Å². The molecule has 0 N–H and O–H groups in total. The molecule has 80 valence electrons. The number of carboxylic acids is 1. The molecule has 0 bridgehead atoms. The maximum Gasteiger partial charge on any atom is 0.0445 e. The van der Waals surface area contributed by atoms with Crippen molar-refractivity contribution in [2.75, 3.05) is 0 Å². The van der Waals surface area contributed by atoms with Crippen molar-refractivity contribution < 1.29 is 9.90 Å². The molecule has 1 aromatic rings. The fourth-order valence-electron chi connectivity index (χ4n) is 2.39. The highest BCUT2D eigenvalue weighted by atomic mass is 16.4. The summed E-state index contributed by atoms with van der Waals surface area (Å²) in [6.07, 6.45) is 3.48. The van der Waals surface area contributed by atoms with E-state index in [1.807, 2.05) is 18.2 Å². The van der Waals surface area contributed by atoms with Crippen LogP contribution in [0.3, 0.4) is 0 Å². The molecule has 0 amide bonds. The van der Waals surface area contributed by atoms with Crippen molar-refractivity contribution in [2.45, 2.75) is 31.6 Å². The van der Waals surface area contributed by atoms with E-state index >= 15 is 0 Å². The smallest absolute Gasteiger partial charge is 0.0445 e. The fourth-order valence-corrected chi connectivity index (χ4v) is 2.39. The third-order valence-corrected chi connectivity index (χ3v) is 3.33. The van der Waals surface area contributed by atoms with Crippen molar-refractivity contribution >= 4 is 5.97 Å². The Kier molecular flexibility index (Phi) is 3.05. The van der Waals surface area contributed by atoms with E-state index in [1.54, 1.807) is 0 Å². The second-order valence-electron chi connectivity index (χ2n) is 4.28. The Balaban J connectivity index is 1.97. The summed E-state index contributed by atoms with van der Waals surface area (Å²) >= 11 is 0. The molecule has 1 aliphatic carbocycles. The zero-order chi connectivity index (χ0) is 10.7. The van der Waals surface area contributed by atoms with Gasteiger partial charge in [-0.25, -0.2) is 0 Å². The largest absolute Gasteiger partial charge is 0.550 e. The van der Waals surface area contributed by atoms with Crippen molar-refractivity contribution in [3.05, 3.63) is 35.9 Å². The second-order valence-corrected chi connectivity index (χ2v) is 4.28. The first kappa shape index (κ1) is 10.2. The minimum Gasteiger partial charge on any atom is -0.550 e. The number of benzene rings is 1. The number of carbonyl (C=O) groups is 1. The van der Waals surface area contributed by atoms with Crippen LogP contribution in [0.4, 0.5) is 0 Å². The van der Waals surface area contributed by atoms with E-state index in [9.17, 15) is 9.90 Å². The number of carboxylic acid groups (broad SMARTS) is 1. The number of aliphatic carboxylic acids is 1. The molecule has 0 saturated heterocycles. The number of hydrogen-bond donors (Lipinski definition) is 0. The second kappa shape index (κ2) is 4.47. The molecule has 1 saturated carbocycles. The SMILES string of the molecule is O=C([O-])C1CCC(c2ccccc2)CC1.